The van der Waals surface area contributed by atoms with Crippen molar-refractivity contribution in [2.45, 2.75) is 18.9 Å². The SMILES string of the molecule is CN(C(=O)Cc1c[nH]c2ccccc12)C1CCS(=O)(=O)C1. The second-order valence-electron chi connectivity index (χ2n) is 5.60. The minimum absolute atomic E-state index is 0.0400. The predicted octanol–water partition coefficient (Wildman–Crippen LogP) is 1.36. The smallest absolute Gasteiger partial charge is 0.227 e. The van der Waals surface area contributed by atoms with Gasteiger partial charge in [-0.3, -0.25) is 4.79 Å². The Morgan fingerprint density at radius 3 is 2.86 bits per heavy atom. The number of nitrogens with one attached hydrogen (secondary N) is 1. The average molecular weight is 306 g/mol. The Balaban J connectivity index is 1.74. The molecule has 0 radical (unpaired) electrons. The van der Waals surface area contributed by atoms with Gasteiger partial charge >= 0.3 is 0 Å². The van der Waals surface area contributed by atoms with Crippen molar-refractivity contribution in [2.75, 3.05) is 18.6 Å². The summed E-state index contributed by atoms with van der Waals surface area (Å²) < 4.78 is 23.0. The normalized spacial score (nSPS) is 20.7. The first kappa shape index (κ1) is 14.1. The third-order valence-electron chi connectivity index (χ3n) is 4.17. The molecule has 1 amide bonds. The van der Waals surface area contributed by atoms with Crippen molar-refractivity contribution in [3.05, 3.63) is 36.0 Å². The zero-order valence-electron chi connectivity index (χ0n) is 11.9. The summed E-state index contributed by atoms with van der Waals surface area (Å²) in [5.74, 6) is 0.229. The molecule has 2 aromatic rings. The van der Waals surface area contributed by atoms with E-state index in [2.05, 4.69) is 4.98 Å². The maximum absolute atomic E-state index is 12.4. The third-order valence-corrected chi connectivity index (χ3v) is 5.92. The molecule has 1 aliphatic rings. The summed E-state index contributed by atoms with van der Waals surface area (Å²) in [5, 5.41) is 1.04. The van der Waals surface area contributed by atoms with Crippen LogP contribution in [0.25, 0.3) is 10.9 Å². The first-order chi connectivity index (χ1) is 9.96. The van der Waals surface area contributed by atoms with Crippen LogP contribution >= 0.6 is 0 Å². The molecule has 1 aromatic carbocycles. The molecule has 0 spiro atoms. The Morgan fingerprint density at radius 1 is 1.38 bits per heavy atom. The number of nitrogens with zero attached hydrogens (tertiary/aromatic N) is 1. The van der Waals surface area contributed by atoms with E-state index in [9.17, 15) is 13.2 Å². The van der Waals surface area contributed by atoms with E-state index < -0.39 is 9.84 Å². The maximum Gasteiger partial charge on any atom is 0.227 e. The molecule has 1 aliphatic heterocycles. The van der Waals surface area contributed by atoms with Gasteiger partial charge in [-0.25, -0.2) is 8.42 Å². The van der Waals surface area contributed by atoms with Crippen molar-refractivity contribution >= 4 is 26.6 Å². The van der Waals surface area contributed by atoms with E-state index in [1.165, 1.54) is 0 Å². The Morgan fingerprint density at radius 2 is 2.14 bits per heavy atom. The van der Waals surface area contributed by atoms with Gasteiger partial charge < -0.3 is 9.88 Å². The van der Waals surface area contributed by atoms with Crippen molar-refractivity contribution in [3.8, 4) is 0 Å². The molecule has 5 nitrogen and oxygen atoms in total. The molecule has 1 saturated heterocycles. The number of carbonyl (C=O) groups is 1. The molecule has 6 heteroatoms. The molecule has 1 N–H and O–H groups in total. The Kier molecular flexibility index (Phi) is 3.49. The fourth-order valence-electron chi connectivity index (χ4n) is 2.85. The number of para-hydroxylation sites is 1. The Bertz CT molecular complexity index is 779. The number of likely N-dealkylation sites (N-methyl/N-ethyl adjacent to an activating group) is 1. The number of amides is 1. The zero-order chi connectivity index (χ0) is 15.0. The van der Waals surface area contributed by atoms with Gasteiger partial charge in [0.1, 0.15) is 0 Å². The Labute approximate surface area is 123 Å². The van der Waals surface area contributed by atoms with Crippen LogP contribution in [0.3, 0.4) is 0 Å². The summed E-state index contributed by atoms with van der Waals surface area (Å²) in [6, 6.07) is 7.65. The number of H-pyrrole nitrogens is 1. The maximum atomic E-state index is 12.4. The molecule has 3 rings (SSSR count). The van der Waals surface area contributed by atoms with E-state index in [1.54, 1.807) is 11.9 Å². The van der Waals surface area contributed by atoms with Crippen LogP contribution in [0.15, 0.2) is 30.5 Å². The average Bonchev–Trinajstić information content (AvgIpc) is 3.02. The number of hydrogen-bond donors (Lipinski definition) is 1. The van der Waals surface area contributed by atoms with Gasteiger partial charge in [0.2, 0.25) is 5.91 Å². The first-order valence-electron chi connectivity index (χ1n) is 6.97. The van der Waals surface area contributed by atoms with E-state index in [4.69, 9.17) is 0 Å². The van der Waals surface area contributed by atoms with E-state index in [0.717, 1.165) is 16.5 Å². The van der Waals surface area contributed by atoms with Crippen LogP contribution < -0.4 is 0 Å². The van der Waals surface area contributed by atoms with Crippen LogP contribution in [-0.2, 0) is 21.1 Å². The summed E-state index contributed by atoms with van der Waals surface area (Å²) in [6.45, 7) is 0. The minimum Gasteiger partial charge on any atom is -0.361 e. The molecule has 112 valence electrons. The van der Waals surface area contributed by atoms with Crippen molar-refractivity contribution in [2.24, 2.45) is 0 Å². The lowest BCUT2D eigenvalue weighted by molar-refractivity contribution is -0.130. The topological polar surface area (TPSA) is 70.2 Å². The van der Waals surface area contributed by atoms with E-state index in [0.29, 0.717) is 6.42 Å². The number of benzene rings is 1. The van der Waals surface area contributed by atoms with Gasteiger partial charge in [0.15, 0.2) is 9.84 Å². The van der Waals surface area contributed by atoms with Crippen LogP contribution in [0.1, 0.15) is 12.0 Å². The number of hydrogen-bond acceptors (Lipinski definition) is 3. The lowest BCUT2D eigenvalue weighted by Gasteiger charge is -2.23. The van der Waals surface area contributed by atoms with E-state index in [-0.39, 0.29) is 29.9 Å². The summed E-state index contributed by atoms with van der Waals surface area (Å²) in [6.07, 6.45) is 2.68. The number of rotatable bonds is 3. The monoisotopic (exact) mass is 306 g/mol. The van der Waals surface area contributed by atoms with Crippen molar-refractivity contribution < 1.29 is 13.2 Å². The third kappa shape index (κ3) is 2.81. The quantitative estimate of drug-likeness (QED) is 0.930. The number of aromatic amines is 1. The number of sulfone groups is 1. The number of fused-ring (bicyclic) bond motifs is 1. The highest BCUT2D eigenvalue weighted by atomic mass is 32.2. The summed E-state index contributed by atoms with van der Waals surface area (Å²) in [7, 11) is -1.27. The second-order valence-corrected chi connectivity index (χ2v) is 7.83. The lowest BCUT2D eigenvalue weighted by atomic mass is 10.1. The fraction of sp³-hybridized carbons (Fsp3) is 0.400. The van der Waals surface area contributed by atoms with Crippen LogP contribution in [0.2, 0.25) is 0 Å². The lowest BCUT2D eigenvalue weighted by Crippen LogP contribution is -2.38. The molecule has 2 heterocycles. The molecule has 0 aliphatic carbocycles. The second kappa shape index (κ2) is 5.18. The molecule has 0 saturated carbocycles. The molecule has 1 aromatic heterocycles. The summed E-state index contributed by atoms with van der Waals surface area (Å²) in [5.41, 5.74) is 1.95. The predicted molar refractivity (Wildman–Crippen MR) is 81.8 cm³/mol. The highest BCUT2D eigenvalue weighted by Crippen LogP contribution is 2.21. The van der Waals surface area contributed by atoms with E-state index in [1.807, 2.05) is 30.5 Å². The van der Waals surface area contributed by atoms with Gasteiger partial charge in [-0.15, -0.1) is 0 Å². The van der Waals surface area contributed by atoms with Crippen molar-refractivity contribution in [1.82, 2.24) is 9.88 Å². The standard InChI is InChI=1S/C15H18N2O3S/c1-17(12-6-7-21(19,20)10-12)15(18)8-11-9-16-14-5-3-2-4-13(11)14/h2-5,9,12,16H,6-8,10H2,1H3. The van der Waals surface area contributed by atoms with Gasteiger partial charge in [-0.2, -0.15) is 0 Å². The first-order valence-corrected chi connectivity index (χ1v) is 8.79. The van der Waals surface area contributed by atoms with Crippen LogP contribution in [0.4, 0.5) is 0 Å². The highest BCUT2D eigenvalue weighted by molar-refractivity contribution is 7.91. The van der Waals surface area contributed by atoms with Crippen LogP contribution in [-0.4, -0.2) is 48.8 Å². The molecule has 1 atom stereocenters. The van der Waals surface area contributed by atoms with Gasteiger partial charge in [-0.1, -0.05) is 18.2 Å². The van der Waals surface area contributed by atoms with E-state index >= 15 is 0 Å². The molecule has 0 bridgehead atoms. The highest BCUT2D eigenvalue weighted by Gasteiger charge is 2.32. The molecule has 21 heavy (non-hydrogen) atoms. The number of carbonyl (C=O) groups excluding carboxylic acids is 1. The molecular weight excluding hydrogens is 288 g/mol. The number of aromatic nitrogens is 1. The van der Waals surface area contributed by atoms with Gasteiger partial charge in [0.05, 0.1) is 17.9 Å². The minimum atomic E-state index is -2.97. The van der Waals surface area contributed by atoms with Crippen LogP contribution in [0.5, 0.6) is 0 Å². The van der Waals surface area contributed by atoms with Crippen LogP contribution in [0, 0.1) is 0 Å². The molecule has 1 fully saturated rings. The van der Waals surface area contributed by atoms with Gasteiger partial charge in [0.25, 0.3) is 0 Å². The fourth-order valence-corrected chi connectivity index (χ4v) is 4.62. The van der Waals surface area contributed by atoms with Gasteiger partial charge in [0, 0.05) is 30.2 Å². The largest absolute Gasteiger partial charge is 0.361 e. The Hall–Kier alpha value is -1.82. The summed E-state index contributed by atoms with van der Waals surface area (Å²) >= 11 is 0. The molecule has 1 unspecified atom stereocenters. The zero-order valence-corrected chi connectivity index (χ0v) is 12.7. The molecular formula is C15H18N2O3S. The summed E-state index contributed by atoms with van der Waals surface area (Å²) in [4.78, 5) is 17.1. The van der Waals surface area contributed by atoms with Crippen molar-refractivity contribution in [1.29, 1.82) is 0 Å². The van der Waals surface area contributed by atoms with Gasteiger partial charge in [-0.05, 0) is 18.1 Å². The van der Waals surface area contributed by atoms with Crippen molar-refractivity contribution in [3.63, 3.8) is 0 Å².